The van der Waals surface area contributed by atoms with Crippen molar-refractivity contribution in [3.8, 4) is 0 Å². The van der Waals surface area contributed by atoms with Crippen LogP contribution < -0.4 is 10.6 Å². The Balaban J connectivity index is 0.00000341. The minimum Gasteiger partial charge on any atom is -0.359 e. The van der Waals surface area contributed by atoms with Gasteiger partial charge in [-0.2, -0.15) is 0 Å². The summed E-state index contributed by atoms with van der Waals surface area (Å²) in [5.74, 6) is 1.69. The number of piperidine rings is 2. The molecule has 1 unspecified atom stereocenters. The zero-order valence-electron chi connectivity index (χ0n) is 19.2. The van der Waals surface area contributed by atoms with E-state index < -0.39 is 0 Å². The van der Waals surface area contributed by atoms with E-state index in [4.69, 9.17) is 4.99 Å². The van der Waals surface area contributed by atoms with Crippen molar-refractivity contribution in [3.63, 3.8) is 0 Å². The number of carbonyl (C=O) groups excluding carboxylic acids is 1. The van der Waals surface area contributed by atoms with Crippen LogP contribution in [0.15, 0.2) is 35.3 Å². The smallest absolute Gasteiger partial charge is 0.220 e. The summed E-state index contributed by atoms with van der Waals surface area (Å²) in [5, 5.41) is 6.25. The molecule has 1 atom stereocenters. The fourth-order valence-electron chi connectivity index (χ4n) is 4.62. The number of amides is 1. The van der Waals surface area contributed by atoms with E-state index in [9.17, 15) is 4.79 Å². The molecule has 1 aromatic carbocycles. The molecule has 7 heteroatoms. The number of hydrogen-bond acceptors (Lipinski definition) is 3. The summed E-state index contributed by atoms with van der Waals surface area (Å²) < 4.78 is 0. The zero-order valence-corrected chi connectivity index (χ0v) is 21.5. The van der Waals surface area contributed by atoms with Crippen molar-refractivity contribution in [2.24, 2.45) is 10.9 Å². The van der Waals surface area contributed by atoms with Crippen LogP contribution >= 0.6 is 24.0 Å². The monoisotopic (exact) mass is 541 g/mol. The van der Waals surface area contributed by atoms with Gasteiger partial charge in [-0.1, -0.05) is 36.8 Å². The lowest BCUT2D eigenvalue weighted by molar-refractivity contribution is -0.121. The number of nitrogens with one attached hydrogen (secondary N) is 2. The Labute approximate surface area is 205 Å². The third kappa shape index (κ3) is 8.25. The summed E-state index contributed by atoms with van der Waals surface area (Å²) >= 11 is 0. The van der Waals surface area contributed by atoms with Gasteiger partial charge in [0.25, 0.3) is 0 Å². The van der Waals surface area contributed by atoms with Crippen LogP contribution in [-0.4, -0.2) is 67.5 Å². The van der Waals surface area contributed by atoms with Crippen LogP contribution in [0.2, 0.25) is 0 Å². The number of halogens is 1. The molecule has 31 heavy (non-hydrogen) atoms. The van der Waals surface area contributed by atoms with Crippen molar-refractivity contribution in [1.82, 2.24) is 20.4 Å². The summed E-state index contributed by atoms with van der Waals surface area (Å²) in [6.07, 6.45) is 6.57. The second-order valence-corrected chi connectivity index (χ2v) is 8.61. The topological polar surface area (TPSA) is 60.0 Å². The molecule has 2 fully saturated rings. The van der Waals surface area contributed by atoms with E-state index in [1.807, 2.05) is 0 Å². The Morgan fingerprint density at radius 3 is 2.52 bits per heavy atom. The Bertz CT molecular complexity index is 676. The average molecular weight is 542 g/mol. The summed E-state index contributed by atoms with van der Waals surface area (Å²) in [6, 6.07) is 11.3. The standard InChI is InChI=1S/C24H39N5O.HI/c1-3-26-24(28-15-12-20(13-16-28)17-23(30)25-2)27-18-22-11-7-8-14-29(22)19-21-9-5-4-6-10-21;/h4-6,9-10,20,22H,3,7-8,11-19H2,1-2H3,(H,25,30)(H,26,27);1H. The minimum absolute atomic E-state index is 0. The highest BCUT2D eigenvalue weighted by atomic mass is 127. The third-order valence-corrected chi connectivity index (χ3v) is 6.43. The van der Waals surface area contributed by atoms with Crippen molar-refractivity contribution in [1.29, 1.82) is 0 Å². The molecule has 0 aromatic heterocycles. The van der Waals surface area contributed by atoms with Crippen molar-refractivity contribution in [2.45, 2.75) is 58.0 Å². The fraction of sp³-hybridized carbons (Fsp3) is 0.667. The van der Waals surface area contributed by atoms with Crippen LogP contribution in [0.4, 0.5) is 0 Å². The molecule has 0 saturated carbocycles. The number of nitrogens with zero attached hydrogens (tertiary/aromatic N) is 3. The number of likely N-dealkylation sites (tertiary alicyclic amines) is 2. The van der Waals surface area contributed by atoms with E-state index >= 15 is 0 Å². The molecule has 2 aliphatic heterocycles. The molecular weight excluding hydrogens is 501 g/mol. The molecule has 2 heterocycles. The lowest BCUT2D eigenvalue weighted by Gasteiger charge is -2.36. The van der Waals surface area contributed by atoms with Gasteiger partial charge in [0.05, 0.1) is 6.54 Å². The van der Waals surface area contributed by atoms with Crippen LogP contribution in [0.1, 0.15) is 51.0 Å². The number of aliphatic imine (C=N–C) groups is 1. The normalized spacial score (nSPS) is 20.8. The van der Waals surface area contributed by atoms with Crippen molar-refractivity contribution >= 4 is 35.8 Å². The first-order valence-electron chi connectivity index (χ1n) is 11.7. The van der Waals surface area contributed by atoms with Gasteiger partial charge >= 0.3 is 0 Å². The van der Waals surface area contributed by atoms with Gasteiger partial charge in [-0.3, -0.25) is 14.7 Å². The van der Waals surface area contributed by atoms with Crippen molar-refractivity contribution in [3.05, 3.63) is 35.9 Å². The second-order valence-electron chi connectivity index (χ2n) is 8.61. The highest BCUT2D eigenvalue weighted by Crippen LogP contribution is 2.22. The lowest BCUT2D eigenvalue weighted by atomic mass is 9.93. The molecule has 2 saturated heterocycles. The highest BCUT2D eigenvalue weighted by molar-refractivity contribution is 14.0. The molecule has 2 aliphatic rings. The Morgan fingerprint density at radius 1 is 1.10 bits per heavy atom. The first-order valence-corrected chi connectivity index (χ1v) is 11.7. The molecule has 0 radical (unpaired) electrons. The number of benzene rings is 1. The molecule has 174 valence electrons. The van der Waals surface area contributed by atoms with E-state index in [-0.39, 0.29) is 29.9 Å². The van der Waals surface area contributed by atoms with E-state index in [1.165, 1.54) is 24.8 Å². The maximum atomic E-state index is 11.7. The molecule has 0 spiro atoms. The fourth-order valence-corrected chi connectivity index (χ4v) is 4.62. The first-order chi connectivity index (χ1) is 14.7. The molecular formula is C24H40IN5O. The molecule has 0 bridgehead atoms. The van der Waals surface area contributed by atoms with Crippen LogP contribution in [0.3, 0.4) is 0 Å². The van der Waals surface area contributed by atoms with Gasteiger partial charge in [-0.25, -0.2) is 0 Å². The van der Waals surface area contributed by atoms with E-state index in [1.54, 1.807) is 7.05 Å². The number of guanidine groups is 1. The Morgan fingerprint density at radius 2 is 1.84 bits per heavy atom. The predicted molar refractivity (Wildman–Crippen MR) is 139 cm³/mol. The molecule has 6 nitrogen and oxygen atoms in total. The quantitative estimate of drug-likeness (QED) is 0.316. The second kappa shape index (κ2) is 13.9. The Kier molecular flexibility index (Phi) is 11.6. The van der Waals surface area contributed by atoms with Crippen LogP contribution in [0.5, 0.6) is 0 Å². The van der Waals surface area contributed by atoms with Gasteiger partial charge in [-0.15, -0.1) is 24.0 Å². The van der Waals surface area contributed by atoms with E-state index in [2.05, 4.69) is 57.7 Å². The zero-order chi connectivity index (χ0) is 21.2. The molecule has 0 aliphatic carbocycles. The van der Waals surface area contributed by atoms with Gasteiger partial charge in [-0.05, 0) is 50.6 Å². The van der Waals surface area contributed by atoms with Gasteiger partial charge in [0.2, 0.25) is 5.91 Å². The number of hydrogen-bond donors (Lipinski definition) is 2. The molecule has 2 N–H and O–H groups in total. The maximum absolute atomic E-state index is 11.7. The van der Waals surface area contributed by atoms with Gasteiger partial charge in [0, 0.05) is 45.7 Å². The molecule has 1 aromatic rings. The van der Waals surface area contributed by atoms with Crippen molar-refractivity contribution in [2.75, 3.05) is 39.8 Å². The third-order valence-electron chi connectivity index (χ3n) is 6.43. The summed E-state index contributed by atoms with van der Waals surface area (Å²) in [6.45, 7) is 8.01. The van der Waals surface area contributed by atoms with Crippen LogP contribution in [0, 0.1) is 5.92 Å². The molecule has 3 rings (SSSR count). The van der Waals surface area contributed by atoms with Crippen molar-refractivity contribution < 1.29 is 4.79 Å². The molecule has 1 amide bonds. The minimum atomic E-state index is 0. The van der Waals surface area contributed by atoms with Gasteiger partial charge in [0.15, 0.2) is 5.96 Å². The SMILES string of the molecule is CCNC(=NCC1CCCCN1Cc1ccccc1)N1CCC(CC(=O)NC)CC1.I. The summed E-state index contributed by atoms with van der Waals surface area (Å²) in [7, 11) is 1.72. The number of rotatable bonds is 7. The van der Waals surface area contributed by atoms with E-state index in [0.717, 1.165) is 58.1 Å². The van der Waals surface area contributed by atoms with E-state index in [0.29, 0.717) is 18.4 Å². The van der Waals surface area contributed by atoms with Crippen LogP contribution in [0.25, 0.3) is 0 Å². The average Bonchev–Trinajstić information content (AvgIpc) is 2.79. The van der Waals surface area contributed by atoms with Gasteiger partial charge < -0.3 is 15.5 Å². The van der Waals surface area contributed by atoms with Gasteiger partial charge in [0.1, 0.15) is 0 Å². The predicted octanol–water partition coefficient (Wildman–Crippen LogP) is 3.47. The van der Waals surface area contributed by atoms with Crippen LogP contribution in [-0.2, 0) is 11.3 Å². The Hall–Kier alpha value is -1.35. The largest absolute Gasteiger partial charge is 0.359 e. The summed E-state index contributed by atoms with van der Waals surface area (Å²) in [5.41, 5.74) is 1.39. The highest BCUT2D eigenvalue weighted by Gasteiger charge is 2.25. The first kappa shape index (κ1) is 25.9. The number of carbonyl (C=O) groups is 1. The maximum Gasteiger partial charge on any atom is 0.220 e. The summed E-state index contributed by atoms with van der Waals surface area (Å²) in [4.78, 5) is 21.7. The lowest BCUT2D eigenvalue weighted by Crippen LogP contribution is -2.47.